The second-order valence-corrected chi connectivity index (χ2v) is 7.11. The maximum atomic E-state index is 14.8. The summed E-state index contributed by atoms with van der Waals surface area (Å²) in [7, 11) is 1.79. The first-order valence-electron chi connectivity index (χ1n) is 9.12. The number of rotatable bonds is 4. The van der Waals surface area contributed by atoms with Crippen molar-refractivity contribution in [3.63, 3.8) is 0 Å². The first-order chi connectivity index (χ1) is 13.4. The molecule has 2 N–H and O–H groups in total. The van der Waals surface area contributed by atoms with Crippen LogP contribution in [0, 0.1) is 5.82 Å². The predicted octanol–water partition coefficient (Wildman–Crippen LogP) is 0.913. The highest BCUT2D eigenvalue weighted by Crippen LogP contribution is 2.28. The number of carbonyl (C=O) groups excluding carboxylic acids is 2. The first-order valence-corrected chi connectivity index (χ1v) is 9.53. The van der Waals surface area contributed by atoms with E-state index in [1.807, 2.05) is 9.80 Å². The molecule has 0 aliphatic carbocycles. The molecule has 1 aromatic rings. The number of hydrogen-bond acceptors (Lipinski definition) is 5. The monoisotopic (exact) mass is 409 g/mol. The minimum atomic E-state index is -0.545. The molecule has 0 saturated carbocycles. The van der Waals surface area contributed by atoms with Gasteiger partial charge in [-0.05, 0) is 30.4 Å². The van der Waals surface area contributed by atoms with Gasteiger partial charge in [0.25, 0.3) is 0 Å². The van der Waals surface area contributed by atoms with Gasteiger partial charge in [0.05, 0.1) is 24.5 Å². The van der Waals surface area contributed by atoms with E-state index in [-0.39, 0.29) is 24.8 Å². The summed E-state index contributed by atoms with van der Waals surface area (Å²) in [6.07, 6.45) is -1.00. The predicted molar refractivity (Wildman–Crippen MR) is 108 cm³/mol. The summed E-state index contributed by atoms with van der Waals surface area (Å²) in [6.45, 7) is 4.63. The molecule has 1 aromatic carbocycles. The number of piperazine rings is 1. The average molecular weight is 409 g/mol. The van der Waals surface area contributed by atoms with Crippen LogP contribution in [-0.4, -0.2) is 74.4 Å². The molecule has 2 saturated heterocycles. The van der Waals surface area contributed by atoms with Gasteiger partial charge >= 0.3 is 6.09 Å². The second-order valence-electron chi connectivity index (χ2n) is 6.72. The summed E-state index contributed by atoms with van der Waals surface area (Å²) in [6, 6.07) is 4.75. The van der Waals surface area contributed by atoms with Gasteiger partial charge in [-0.15, -0.1) is 0 Å². The van der Waals surface area contributed by atoms with Crippen LogP contribution >= 0.6 is 12.2 Å². The molecule has 0 spiro atoms. The Bertz CT molecular complexity index is 770. The Labute approximate surface area is 168 Å². The van der Waals surface area contributed by atoms with Gasteiger partial charge in [-0.1, -0.05) is 0 Å². The molecule has 2 heterocycles. The van der Waals surface area contributed by atoms with Crippen LogP contribution in [0.25, 0.3) is 0 Å². The highest BCUT2D eigenvalue weighted by molar-refractivity contribution is 7.80. The van der Waals surface area contributed by atoms with Crippen LogP contribution < -0.4 is 20.4 Å². The molecule has 28 heavy (non-hydrogen) atoms. The quantitative estimate of drug-likeness (QED) is 0.716. The fraction of sp³-hybridized carbons (Fsp3) is 0.500. The lowest BCUT2D eigenvalue weighted by Crippen LogP contribution is -2.51. The van der Waals surface area contributed by atoms with E-state index in [1.54, 1.807) is 19.2 Å². The van der Waals surface area contributed by atoms with E-state index in [4.69, 9.17) is 17.0 Å². The SMILES string of the molecule is CNC(=S)N1CCN(c2ccc(N3C[C@H](CNC(C)=O)OC3=O)cc2F)CC1. The van der Waals surface area contributed by atoms with Gasteiger partial charge in [0.2, 0.25) is 5.91 Å². The molecule has 0 unspecified atom stereocenters. The van der Waals surface area contributed by atoms with Crippen molar-refractivity contribution in [1.29, 1.82) is 0 Å². The average Bonchev–Trinajstić information content (AvgIpc) is 3.06. The van der Waals surface area contributed by atoms with Crippen molar-refractivity contribution in [3.8, 4) is 0 Å². The Kier molecular flexibility index (Phi) is 6.18. The largest absolute Gasteiger partial charge is 0.442 e. The molecule has 2 aliphatic heterocycles. The van der Waals surface area contributed by atoms with Crippen molar-refractivity contribution in [1.82, 2.24) is 15.5 Å². The molecular weight excluding hydrogens is 385 g/mol. The van der Waals surface area contributed by atoms with Gasteiger partial charge in [0.1, 0.15) is 11.9 Å². The van der Waals surface area contributed by atoms with Crippen LogP contribution in [0.3, 0.4) is 0 Å². The highest BCUT2D eigenvalue weighted by Gasteiger charge is 2.33. The molecule has 8 nitrogen and oxygen atoms in total. The third-order valence-corrected chi connectivity index (χ3v) is 5.28. The standard InChI is InChI=1S/C18H24FN5O3S/c1-12(25)21-10-14-11-24(18(26)27-14)13-3-4-16(15(19)9-13)22-5-7-23(8-6-22)17(28)20-2/h3-4,9,14H,5-8,10-11H2,1-2H3,(H,20,28)(H,21,25)/t14-/m0/s1. The molecule has 152 valence electrons. The molecule has 2 amide bonds. The van der Waals surface area contributed by atoms with E-state index in [9.17, 15) is 14.0 Å². The van der Waals surface area contributed by atoms with Crippen molar-refractivity contribution in [2.45, 2.75) is 13.0 Å². The number of nitrogens with one attached hydrogen (secondary N) is 2. The maximum Gasteiger partial charge on any atom is 0.414 e. The Morgan fingerprint density at radius 3 is 2.64 bits per heavy atom. The van der Waals surface area contributed by atoms with Gasteiger partial charge in [-0.3, -0.25) is 9.69 Å². The fourth-order valence-corrected chi connectivity index (χ4v) is 3.51. The van der Waals surface area contributed by atoms with E-state index in [1.165, 1.54) is 17.9 Å². The summed E-state index contributed by atoms with van der Waals surface area (Å²) in [4.78, 5) is 28.5. The molecule has 10 heteroatoms. The van der Waals surface area contributed by atoms with E-state index < -0.39 is 12.2 Å². The number of carbonyl (C=O) groups is 2. The number of benzene rings is 1. The molecule has 1 atom stereocenters. The maximum absolute atomic E-state index is 14.8. The van der Waals surface area contributed by atoms with Crippen LogP contribution in [0.1, 0.15) is 6.92 Å². The molecule has 2 fully saturated rings. The van der Waals surface area contributed by atoms with Gasteiger partial charge in [-0.25, -0.2) is 9.18 Å². The van der Waals surface area contributed by atoms with Gasteiger partial charge in [0.15, 0.2) is 5.11 Å². The lowest BCUT2D eigenvalue weighted by atomic mass is 10.2. The number of halogens is 1. The molecule has 0 radical (unpaired) electrons. The summed E-state index contributed by atoms with van der Waals surface area (Å²) in [5, 5.41) is 6.26. The lowest BCUT2D eigenvalue weighted by Gasteiger charge is -2.37. The molecule has 2 aliphatic rings. The van der Waals surface area contributed by atoms with Gasteiger partial charge in [-0.2, -0.15) is 0 Å². The summed E-state index contributed by atoms with van der Waals surface area (Å²) in [5.74, 6) is -0.583. The number of ether oxygens (including phenoxy) is 1. The minimum absolute atomic E-state index is 0.194. The molecule has 0 bridgehead atoms. The summed E-state index contributed by atoms with van der Waals surface area (Å²) < 4.78 is 20.0. The highest BCUT2D eigenvalue weighted by atomic mass is 32.1. The summed E-state index contributed by atoms with van der Waals surface area (Å²) in [5.41, 5.74) is 0.938. The lowest BCUT2D eigenvalue weighted by molar-refractivity contribution is -0.119. The second kappa shape index (κ2) is 8.59. The summed E-state index contributed by atoms with van der Waals surface area (Å²) >= 11 is 5.24. The zero-order chi connectivity index (χ0) is 20.3. The number of thiocarbonyl (C=S) groups is 1. The Hall–Kier alpha value is -2.62. The minimum Gasteiger partial charge on any atom is -0.442 e. The van der Waals surface area contributed by atoms with E-state index in [0.29, 0.717) is 42.7 Å². The number of nitrogens with zero attached hydrogens (tertiary/aromatic N) is 3. The number of anilines is 2. The number of hydrogen-bond donors (Lipinski definition) is 2. The van der Waals surface area contributed by atoms with E-state index in [0.717, 1.165) is 0 Å². The van der Waals surface area contributed by atoms with Crippen molar-refractivity contribution >= 4 is 40.7 Å². The Morgan fingerprint density at radius 1 is 1.32 bits per heavy atom. The van der Waals surface area contributed by atoms with Crippen LogP contribution in [0.2, 0.25) is 0 Å². The Balaban J connectivity index is 1.64. The van der Waals surface area contributed by atoms with E-state index >= 15 is 0 Å². The van der Waals surface area contributed by atoms with Crippen molar-refractivity contribution in [2.24, 2.45) is 0 Å². The smallest absolute Gasteiger partial charge is 0.414 e. The third kappa shape index (κ3) is 4.44. The number of amides is 2. The zero-order valence-corrected chi connectivity index (χ0v) is 16.7. The molecular formula is C18H24FN5O3S. The first kappa shape index (κ1) is 20.1. The van der Waals surface area contributed by atoms with Crippen molar-refractivity contribution < 1.29 is 18.7 Å². The van der Waals surface area contributed by atoms with Crippen LogP contribution in [0.15, 0.2) is 18.2 Å². The van der Waals surface area contributed by atoms with Crippen LogP contribution in [0.4, 0.5) is 20.6 Å². The van der Waals surface area contributed by atoms with Crippen LogP contribution in [0.5, 0.6) is 0 Å². The van der Waals surface area contributed by atoms with Crippen molar-refractivity contribution in [3.05, 3.63) is 24.0 Å². The third-order valence-electron chi connectivity index (χ3n) is 4.82. The molecule has 0 aromatic heterocycles. The van der Waals surface area contributed by atoms with Crippen LogP contribution in [-0.2, 0) is 9.53 Å². The fourth-order valence-electron chi connectivity index (χ4n) is 3.32. The topological polar surface area (TPSA) is 77.2 Å². The number of cyclic esters (lactones) is 1. The Morgan fingerprint density at radius 2 is 2.04 bits per heavy atom. The van der Waals surface area contributed by atoms with Crippen molar-refractivity contribution in [2.75, 3.05) is 56.1 Å². The zero-order valence-electron chi connectivity index (χ0n) is 15.9. The van der Waals surface area contributed by atoms with E-state index in [2.05, 4.69) is 10.6 Å². The van der Waals surface area contributed by atoms with Gasteiger partial charge < -0.3 is 25.2 Å². The molecule has 3 rings (SSSR count). The van der Waals surface area contributed by atoms with Gasteiger partial charge in [0, 0.05) is 40.2 Å². The normalized spacial score (nSPS) is 19.5.